The maximum atomic E-state index is 11.3. The average Bonchev–Trinajstić information content (AvgIpc) is 2.76. The quantitative estimate of drug-likeness (QED) is 0.791. The van der Waals surface area contributed by atoms with E-state index in [-0.39, 0.29) is 5.69 Å². The fraction of sp³-hybridized carbons (Fsp3) is 0.583. The van der Waals surface area contributed by atoms with Gasteiger partial charge in [0.05, 0.1) is 0 Å². The van der Waals surface area contributed by atoms with Gasteiger partial charge in [0.1, 0.15) is 6.33 Å². The van der Waals surface area contributed by atoms with Crippen molar-refractivity contribution in [2.45, 2.75) is 39.2 Å². The normalized spacial score (nSPS) is 13.0. The third kappa shape index (κ3) is 2.76. The molecule has 0 aliphatic rings. The summed E-state index contributed by atoms with van der Waals surface area (Å²) in [5.41, 5.74) is 1.33. The van der Waals surface area contributed by atoms with Crippen molar-refractivity contribution in [2.75, 3.05) is 6.54 Å². The van der Waals surface area contributed by atoms with Crippen molar-refractivity contribution < 1.29 is 0 Å². The Bertz CT molecular complexity index is 559. The molecular weight excluding hydrogens is 230 g/mol. The maximum Gasteiger partial charge on any atom is 0.348 e. The number of rotatable bonds is 6. The molecule has 2 aromatic heterocycles. The van der Waals surface area contributed by atoms with Crippen LogP contribution in [-0.2, 0) is 6.42 Å². The van der Waals surface area contributed by atoms with Crippen LogP contribution >= 0.6 is 0 Å². The van der Waals surface area contributed by atoms with Crippen LogP contribution in [0.5, 0.6) is 0 Å². The Hall–Kier alpha value is -1.69. The highest BCUT2D eigenvalue weighted by Gasteiger charge is 2.09. The second-order valence-electron chi connectivity index (χ2n) is 4.40. The van der Waals surface area contributed by atoms with E-state index in [9.17, 15) is 4.79 Å². The fourth-order valence-corrected chi connectivity index (χ4v) is 1.92. The number of aromatic nitrogens is 4. The molecule has 2 aromatic rings. The highest BCUT2D eigenvalue weighted by Crippen LogP contribution is 2.05. The summed E-state index contributed by atoms with van der Waals surface area (Å²) in [4.78, 5) is 15.6. The highest BCUT2D eigenvalue weighted by molar-refractivity contribution is 5.36. The lowest BCUT2D eigenvalue weighted by Gasteiger charge is -2.15. The summed E-state index contributed by atoms with van der Waals surface area (Å²) >= 11 is 0. The van der Waals surface area contributed by atoms with Crippen molar-refractivity contribution in [1.82, 2.24) is 24.9 Å². The third-order valence-corrected chi connectivity index (χ3v) is 3.00. The van der Waals surface area contributed by atoms with Gasteiger partial charge in [-0.05, 0) is 19.4 Å². The SMILES string of the molecule is CCCNC(CC)Cc1cc2n[nH]c(=O)n2cn1. The third-order valence-electron chi connectivity index (χ3n) is 3.00. The molecule has 2 rings (SSSR count). The lowest BCUT2D eigenvalue weighted by atomic mass is 10.1. The molecule has 0 amide bonds. The van der Waals surface area contributed by atoms with E-state index in [1.54, 1.807) is 0 Å². The van der Waals surface area contributed by atoms with E-state index in [0.717, 1.165) is 31.5 Å². The molecule has 0 saturated heterocycles. The molecule has 0 bridgehead atoms. The van der Waals surface area contributed by atoms with Gasteiger partial charge in [-0.15, -0.1) is 0 Å². The summed E-state index contributed by atoms with van der Waals surface area (Å²) in [7, 11) is 0. The van der Waals surface area contributed by atoms with Gasteiger partial charge in [-0.3, -0.25) is 0 Å². The zero-order valence-corrected chi connectivity index (χ0v) is 10.8. The first-order valence-electron chi connectivity index (χ1n) is 6.39. The molecule has 6 heteroatoms. The van der Waals surface area contributed by atoms with Crippen LogP contribution in [0.4, 0.5) is 0 Å². The molecule has 6 nitrogen and oxygen atoms in total. The van der Waals surface area contributed by atoms with Crippen LogP contribution in [0.15, 0.2) is 17.2 Å². The Balaban J connectivity index is 2.13. The van der Waals surface area contributed by atoms with Crippen LogP contribution < -0.4 is 11.0 Å². The molecule has 0 aliphatic carbocycles. The van der Waals surface area contributed by atoms with Crippen molar-refractivity contribution in [3.8, 4) is 0 Å². The molecule has 0 aromatic carbocycles. The first-order valence-corrected chi connectivity index (χ1v) is 6.39. The smallest absolute Gasteiger partial charge is 0.314 e. The van der Waals surface area contributed by atoms with Gasteiger partial charge in [-0.1, -0.05) is 13.8 Å². The predicted octanol–water partition coefficient (Wildman–Crippen LogP) is 0.738. The van der Waals surface area contributed by atoms with E-state index in [0.29, 0.717) is 11.7 Å². The fourth-order valence-electron chi connectivity index (χ4n) is 1.92. The summed E-state index contributed by atoms with van der Waals surface area (Å²) < 4.78 is 1.41. The highest BCUT2D eigenvalue weighted by atomic mass is 16.1. The lowest BCUT2D eigenvalue weighted by molar-refractivity contribution is 0.490. The first-order chi connectivity index (χ1) is 8.74. The van der Waals surface area contributed by atoms with E-state index >= 15 is 0 Å². The number of hydrogen-bond acceptors (Lipinski definition) is 4. The summed E-state index contributed by atoms with van der Waals surface area (Å²) in [5.74, 6) is 0. The van der Waals surface area contributed by atoms with Crippen molar-refractivity contribution in [2.24, 2.45) is 0 Å². The van der Waals surface area contributed by atoms with E-state index in [2.05, 4.69) is 34.3 Å². The van der Waals surface area contributed by atoms with E-state index in [1.807, 2.05) is 6.07 Å². The summed E-state index contributed by atoms with van der Waals surface area (Å²) in [6.45, 7) is 5.33. The minimum Gasteiger partial charge on any atom is -0.314 e. The van der Waals surface area contributed by atoms with Gasteiger partial charge in [0, 0.05) is 24.2 Å². The van der Waals surface area contributed by atoms with Gasteiger partial charge < -0.3 is 5.32 Å². The number of hydrogen-bond donors (Lipinski definition) is 2. The zero-order valence-electron chi connectivity index (χ0n) is 10.8. The van der Waals surface area contributed by atoms with Crippen LogP contribution in [0.2, 0.25) is 0 Å². The molecule has 0 aliphatic heterocycles. The lowest BCUT2D eigenvalue weighted by Crippen LogP contribution is -2.31. The Morgan fingerprint density at radius 1 is 1.50 bits per heavy atom. The van der Waals surface area contributed by atoms with Crippen molar-refractivity contribution in [1.29, 1.82) is 0 Å². The van der Waals surface area contributed by atoms with Crippen molar-refractivity contribution in [3.05, 3.63) is 28.6 Å². The molecule has 1 unspecified atom stereocenters. The number of aromatic amines is 1. The molecular formula is C12H19N5O. The minimum absolute atomic E-state index is 0.250. The van der Waals surface area contributed by atoms with Crippen LogP contribution in [-0.4, -0.2) is 32.2 Å². The number of nitrogens with one attached hydrogen (secondary N) is 2. The van der Waals surface area contributed by atoms with Crippen LogP contribution in [0.3, 0.4) is 0 Å². The van der Waals surface area contributed by atoms with Crippen molar-refractivity contribution >= 4 is 5.65 Å². The summed E-state index contributed by atoms with van der Waals surface area (Å²) in [5, 5.41) is 9.83. The molecule has 2 heterocycles. The predicted molar refractivity (Wildman–Crippen MR) is 69.7 cm³/mol. The minimum atomic E-state index is -0.250. The number of fused-ring (bicyclic) bond motifs is 1. The molecule has 98 valence electrons. The van der Waals surface area contributed by atoms with Gasteiger partial charge >= 0.3 is 5.69 Å². The van der Waals surface area contributed by atoms with E-state index in [4.69, 9.17) is 0 Å². The maximum absolute atomic E-state index is 11.3. The Labute approximate surface area is 105 Å². The monoisotopic (exact) mass is 249 g/mol. The molecule has 0 fully saturated rings. The molecule has 2 N–H and O–H groups in total. The topological polar surface area (TPSA) is 75.1 Å². The zero-order chi connectivity index (χ0) is 13.0. The first kappa shape index (κ1) is 12.8. The Morgan fingerprint density at radius 2 is 2.33 bits per heavy atom. The van der Waals surface area contributed by atoms with Gasteiger partial charge in [-0.2, -0.15) is 5.10 Å². The van der Waals surface area contributed by atoms with Crippen molar-refractivity contribution in [3.63, 3.8) is 0 Å². The molecule has 18 heavy (non-hydrogen) atoms. The molecule has 0 radical (unpaired) electrons. The van der Waals surface area contributed by atoms with Gasteiger partial charge in [0.15, 0.2) is 5.65 Å². The summed E-state index contributed by atoms with van der Waals surface area (Å²) in [6.07, 6.45) is 4.56. The molecule has 0 saturated carbocycles. The molecule has 1 atom stereocenters. The second-order valence-corrected chi connectivity index (χ2v) is 4.40. The number of H-pyrrole nitrogens is 1. The van der Waals surface area contributed by atoms with E-state index < -0.39 is 0 Å². The van der Waals surface area contributed by atoms with Crippen LogP contribution in [0.1, 0.15) is 32.4 Å². The molecule has 0 spiro atoms. The van der Waals surface area contributed by atoms with Gasteiger partial charge in [-0.25, -0.2) is 19.3 Å². The Morgan fingerprint density at radius 3 is 3.06 bits per heavy atom. The summed E-state index contributed by atoms with van der Waals surface area (Å²) in [6, 6.07) is 2.28. The Kier molecular flexibility index (Phi) is 4.09. The van der Waals surface area contributed by atoms with Crippen LogP contribution in [0, 0.1) is 0 Å². The van der Waals surface area contributed by atoms with Crippen LogP contribution in [0.25, 0.3) is 5.65 Å². The van der Waals surface area contributed by atoms with E-state index in [1.165, 1.54) is 10.7 Å². The standard InChI is InChI=1S/C12H19N5O/c1-3-5-13-9(4-2)6-10-7-11-15-16-12(18)17(11)8-14-10/h7-9,13H,3-6H2,1-2H3,(H,16,18). The number of nitrogens with zero attached hydrogens (tertiary/aromatic N) is 3. The second kappa shape index (κ2) is 5.77. The average molecular weight is 249 g/mol. The largest absolute Gasteiger partial charge is 0.348 e. The van der Waals surface area contributed by atoms with Gasteiger partial charge in [0.2, 0.25) is 0 Å². The van der Waals surface area contributed by atoms with Gasteiger partial charge in [0.25, 0.3) is 0 Å².